The summed E-state index contributed by atoms with van der Waals surface area (Å²) in [6, 6.07) is 13.2. The van der Waals surface area contributed by atoms with Gasteiger partial charge in [-0.2, -0.15) is 0 Å². The molecule has 1 aromatic heterocycles. The summed E-state index contributed by atoms with van der Waals surface area (Å²) >= 11 is 9.00. The maximum Gasteiger partial charge on any atom is 0.250 e. The average molecular weight is 432 g/mol. The average Bonchev–Trinajstić information content (AvgIpc) is 3.34. The van der Waals surface area contributed by atoms with Crippen molar-refractivity contribution < 1.29 is 14.3 Å². The van der Waals surface area contributed by atoms with Crippen LogP contribution < -0.4 is 14.8 Å². The minimum atomic E-state index is -0.281. The summed E-state index contributed by atoms with van der Waals surface area (Å²) in [7, 11) is 0. The van der Waals surface area contributed by atoms with E-state index in [9.17, 15) is 4.79 Å². The number of aromatic nitrogens is 2. The van der Waals surface area contributed by atoms with E-state index in [1.807, 2.05) is 42.5 Å². The second-order valence-electron chi connectivity index (χ2n) is 5.69. The number of rotatable bonds is 6. The molecule has 1 N–H and O–H groups in total. The number of benzene rings is 2. The van der Waals surface area contributed by atoms with Gasteiger partial charge >= 0.3 is 0 Å². The van der Waals surface area contributed by atoms with Crippen LogP contribution in [-0.4, -0.2) is 22.9 Å². The summed E-state index contributed by atoms with van der Waals surface area (Å²) in [5.41, 5.74) is 1.87. The summed E-state index contributed by atoms with van der Waals surface area (Å²) in [5, 5.41) is 12.0. The van der Waals surface area contributed by atoms with Crippen LogP contribution in [0.25, 0.3) is 6.08 Å². The first-order valence-corrected chi connectivity index (χ1v) is 10.4. The molecule has 2 heterocycles. The van der Waals surface area contributed by atoms with Crippen LogP contribution in [0.1, 0.15) is 11.1 Å². The molecule has 6 nitrogen and oxygen atoms in total. The fourth-order valence-electron chi connectivity index (χ4n) is 2.41. The van der Waals surface area contributed by atoms with E-state index in [0.29, 0.717) is 22.4 Å². The zero-order valence-corrected chi connectivity index (χ0v) is 16.8. The quantitative estimate of drug-likeness (QED) is 0.341. The molecule has 0 atom stereocenters. The Morgan fingerprint density at radius 1 is 1.21 bits per heavy atom. The molecule has 0 saturated carbocycles. The third-order valence-electron chi connectivity index (χ3n) is 3.77. The third kappa shape index (κ3) is 4.64. The Hall–Kier alpha value is -2.55. The van der Waals surface area contributed by atoms with Crippen molar-refractivity contribution in [2.24, 2.45) is 0 Å². The minimum Gasteiger partial charge on any atom is -0.454 e. The Balaban J connectivity index is 1.32. The molecular formula is C19H14ClN3O3S2. The number of anilines is 1. The Morgan fingerprint density at radius 2 is 2.07 bits per heavy atom. The van der Waals surface area contributed by atoms with Crippen molar-refractivity contribution in [2.75, 3.05) is 12.1 Å². The summed E-state index contributed by atoms with van der Waals surface area (Å²) in [6.07, 6.45) is 3.14. The van der Waals surface area contributed by atoms with Crippen molar-refractivity contribution in [2.45, 2.75) is 10.1 Å². The third-order valence-corrected chi connectivity index (χ3v) is 6.16. The van der Waals surface area contributed by atoms with Crippen LogP contribution in [0.15, 0.2) is 52.9 Å². The maximum atomic E-state index is 12.1. The Morgan fingerprint density at radius 3 is 2.96 bits per heavy atom. The lowest BCUT2D eigenvalue weighted by Gasteiger charge is -2.00. The summed E-state index contributed by atoms with van der Waals surface area (Å²) in [4.78, 5) is 12.1. The van der Waals surface area contributed by atoms with E-state index in [0.717, 1.165) is 20.5 Å². The maximum absolute atomic E-state index is 12.1. The van der Waals surface area contributed by atoms with Crippen molar-refractivity contribution >= 4 is 51.8 Å². The van der Waals surface area contributed by atoms with Gasteiger partial charge in [-0.15, -0.1) is 10.2 Å². The van der Waals surface area contributed by atoms with E-state index in [1.165, 1.54) is 29.2 Å². The first kappa shape index (κ1) is 18.8. The number of halogens is 1. The van der Waals surface area contributed by atoms with Gasteiger partial charge in [0.05, 0.1) is 0 Å². The second kappa shape index (κ2) is 8.64. The topological polar surface area (TPSA) is 73.3 Å². The van der Waals surface area contributed by atoms with Crippen LogP contribution >= 0.6 is 34.7 Å². The van der Waals surface area contributed by atoms with Gasteiger partial charge in [0.25, 0.3) is 0 Å². The zero-order chi connectivity index (χ0) is 19.3. The minimum absolute atomic E-state index is 0.219. The van der Waals surface area contributed by atoms with Crippen LogP contribution in [0.5, 0.6) is 11.5 Å². The lowest BCUT2D eigenvalue weighted by Crippen LogP contribution is -2.07. The Labute approximate surface area is 174 Å². The van der Waals surface area contributed by atoms with Crippen molar-refractivity contribution in [1.29, 1.82) is 0 Å². The molecule has 9 heteroatoms. The van der Waals surface area contributed by atoms with E-state index >= 15 is 0 Å². The van der Waals surface area contributed by atoms with Crippen LogP contribution in [0, 0.1) is 0 Å². The fourth-order valence-corrected chi connectivity index (χ4v) is 4.45. The first-order chi connectivity index (χ1) is 13.7. The van der Waals surface area contributed by atoms with Crippen LogP contribution in [0.4, 0.5) is 5.13 Å². The number of hydrogen-bond donors (Lipinski definition) is 1. The van der Waals surface area contributed by atoms with Gasteiger partial charge in [0, 0.05) is 16.9 Å². The molecule has 4 rings (SSSR count). The fraction of sp³-hybridized carbons (Fsp3) is 0.105. The number of nitrogens with one attached hydrogen (secondary N) is 1. The van der Waals surface area contributed by atoms with Gasteiger partial charge in [0.15, 0.2) is 15.8 Å². The number of thioether (sulfide) groups is 1. The SMILES string of the molecule is O=C(/C=C/c1ccc2c(c1)OCO2)Nc1nnc(SCc2ccccc2Cl)s1. The van der Waals surface area contributed by atoms with Crippen LogP contribution in [-0.2, 0) is 10.5 Å². The highest BCUT2D eigenvalue weighted by Crippen LogP contribution is 2.33. The molecule has 28 heavy (non-hydrogen) atoms. The number of ether oxygens (including phenoxy) is 2. The number of carbonyl (C=O) groups is 1. The highest BCUT2D eigenvalue weighted by atomic mass is 35.5. The molecule has 0 radical (unpaired) electrons. The molecule has 0 aliphatic carbocycles. The number of hydrogen-bond acceptors (Lipinski definition) is 7. The van der Waals surface area contributed by atoms with Crippen molar-refractivity contribution in [3.8, 4) is 11.5 Å². The van der Waals surface area contributed by atoms with Gasteiger partial charge in [0.2, 0.25) is 17.8 Å². The number of nitrogens with zero attached hydrogens (tertiary/aromatic N) is 2. The molecule has 0 unspecified atom stereocenters. The standard InChI is InChI=1S/C19H14ClN3O3S2/c20-14-4-2-1-3-13(14)10-27-19-23-22-18(28-19)21-17(24)8-6-12-5-7-15-16(9-12)26-11-25-15/h1-9H,10-11H2,(H,21,22,24)/b8-6+. The number of fused-ring (bicyclic) bond motifs is 1. The number of carbonyl (C=O) groups excluding carboxylic acids is 1. The van der Waals surface area contributed by atoms with Crippen LogP contribution in [0.2, 0.25) is 5.02 Å². The summed E-state index contributed by atoms with van der Waals surface area (Å²) < 4.78 is 11.3. The molecular weight excluding hydrogens is 418 g/mol. The first-order valence-electron chi connectivity index (χ1n) is 8.26. The molecule has 1 aliphatic heterocycles. The smallest absolute Gasteiger partial charge is 0.250 e. The monoisotopic (exact) mass is 431 g/mol. The molecule has 1 amide bonds. The normalized spacial score (nSPS) is 12.5. The van der Waals surface area contributed by atoms with Crippen molar-refractivity contribution in [1.82, 2.24) is 10.2 Å². The predicted molar refractivity (Wildman–Crippen MR) is 111 cm³/mol. The molecule has 0 saturated heterocycles. The van der Waals surface area contributed by atoms with Gasteiger partial charge in [-0.3, -0.25) is 10.1 Å². The summed E-state index contributed by atoms with van der Waals surface area (Å²) in [6.45, 7) is 0.219. The van der Waals surface area contributed by atoms with E-state index < -0.39 is 0 Å². The van der Waals surface area contributed by atoms with Crippen LogP contribution in [0.3, 0.4) is 0 Å². The summed E-state index contributed by atoms with van der Waals surface area (Å²) in [5.74, 6) is 1.78. The molecule has 1 aliphatic rings. The van der Waals surface area contributed by atoms with Gasteiger partial charge < -0.3 is 9.47 Å². The van der Waals surface area contributed by atoms with Gasteiger partial charge in [-0.05, 0) is 35.4 Å². The van der Waals surface area contributed by atoms with Gasteiger partial charge in [-0.25, -0.2) is 0 Å². The van der Waals surface area contributed by atoms with E-state index in [1.54, 1.807) is 6.08 Å². The lowest BCUT2D eigenvalue weighted by molar-refractivity contribution is -0.111. The lowest BCUT2D eigenvalue weighted by atomic mass is 10.2. The van der Waals surface area contributed by atoms with Crippen molar-refractivity contribution in [3.63, 3.8) is 0 Å². The van der Waals surface area contributed by atoms with Crippen molar-refractivity contribution in [3.05, 3.63) is 64.7 Å². The largest absolute Gasteiger partial charge is 0.454 e. The van der Waals surface area contributed by atoms with Gasteiger partial charge in [0.1, 0.15) is 0 Å². The van der Waals surface area contributed by atoms with E-state index in [4.69, 9.17) is 21.1 Å². The molecule has 0 bridgehead atoms. The molecule has 0 spiro atoms. The van der Waals surface area contributed by atoms with E-state index in [-0.39, 0.29) is 12.7 Å². The highest BCUT2D eigenvalue weighted by molar-refractivity contribution is 8.00. The highest BCUT2D eigenvalue weighted by Gasteiger charge is 2.12. The zero-order valence-electron chi connectivity index (χ0n) is 14.4. The van der Waals surface area contributed by atoms with E-state index in [2.05, 4.69) is 15.5 Å². The Bertz CT molecular complexity index is 1040. The molecule has 0 fully saturated rings. The Kier molecular flexibility index (Phi) is 5.80. The predicted octanol–water partition coefficient (Wildman–Crippen LogP) is 4.86. The molecule has 2 aromatic carbocycles. The second-order valence-corrected chi connectivity index (χ2v) is 8.30. The molecule has 142 valence electrons. The number of amides is 1. The van der Waals surface area contributed by atoms with Gasteiger partial charge in [-0.1, -0.05) is 59.0 Å². The molecule has 3 aromatic rings.